The normalized spacial score (nSPS) is 10.4. The van der Waals surface area contributed by atoms with Gasteiger partial charge in [-0.15, -0.1) is 0 Å². The highest BCUT2D eigenvalue weighted by atomic mass is 16.5. The van der Waals surface area contributed by atoms with E-state index in [-0.39, 0.29) is 5.91 Å². The van der Waals surface area contributed by atoms with E-state index in [2.05, 4.69) is 25.4 Å². The molecule has 0 unspecified atom stereocenters. The van der Waals surface area contributed by atoms with Crippen LogP contribution >= 0.6 is 0 Å². The average molecular weight is 457 g/mol. The van der Waals surface area contributed by atoms with Gasteiger partial charge in [0.15, 0.2) is 5.69 Å². The van der Waals surface area contributed by atoms with Gasteiger partial charge in [-0.25, -0.2) is 4.85 Å². The lowest BCUT2D eigenvalue weighted by molar-refractivity contribution is 0.102. The van der Waals surface area contributed by atoms with Crippen molar-refractivity contribution >= 4 is 39.6 Å². The minimum absolute atomic E-state index is 0.228. The van der Waals surface area contributed by atoms with E-state index in [0.29, 0.717) is 28.4 Å². The Labute approximate surface area is 201 Å². The number of carbonyl (C=O) groups excluding carboxylic acids is 1. The molecule has 0 saturated carbocycles. The number of nitrogens with one attached hydrogen (secondary N) is 2. The Morgan fingerprint density at radius 2 is 1.66 bits per heavy atom. The molecule has 0 aliphatic carbocycles. The molecule has 7 heteroatoms. The fourth-order valence-corrected chi connectivity index (χ4v) is 3.56. The van der Waals surface area contributed by atoms with E-state index < -0.39 is 0 Å². The third-order valence-corrected chi connectivity index (χ3v) is 5.26. The van der Waals surface area contributed by atoms with Crippen molar-refractivity contribution in [2.24, 2.45) is 0 Å². The quantitative estimate of drug-likeness (QED) is 0.269. The topological polar surface area (TPSA) is 80.5 Å². The molecule has 2 N–H and O–H groups in total. The summed E-state index contributed by atoms with van der Waals surface area (Å²) in [6.45, 7) is 7.25. The van der Waals surface area contributed by atoms with Crippen LogP contribution in [-0.4, -0.2) is 15.9 Å². The second-order valence-corrected chi connectivity index (χ2v) is 7.64. The van der Waals surface area contributed by atoms with E-state index in [9.17, 15) is 4.79 Å². The Kier molecular flexibility index (Phi) is 6.01. The van der Waals surface area contributed by atoms with Crippen LogP contribution in [0.25, 0.3) is 15.7 Å². The first-order valence-corrected chi connectivity index (χ1v) is 10.8. The standard InChI is InChI=1S/C28H19N5O2/c1-29-21-9-10-26-25(18-21)27(13-16-31-26)32-20-7-5-19(6-8-20)28(34)33-22-3-2-4-24(17-22)35-23-11-14-30-15-12-23/h2-18H,(H,31,32)(H,33,34). The molecule has 35 heavy (non-hydrogen) atoms. The number of benzene rings is 3. The SMILES string of the molecule is [C-]#[N+]c1ccc2nccc(Nc3ccc(C(=O)Nc4cccc(Oc5ccncc5)c4)cc3)c2c1. The second kappa shape index (κ2) is 9.73. The first-order chi connectivity index (χ1) is 17.2. The summed E-state index contributed by atoms with van der Waals surface area (Å²) in [6.07, 6.45) is 5.03. The molecular formula is C28H19N5O2. The highest BCUT2D eigenvalue weighted by Crippen LogP contribution is 2.29. The van der Waals surface area contributed by atoms with Crippen molar-refractivity contribution in [1.29, 1.82) is 0 Å². The third-order valence-electron chi connectivity index (χ3n) is 5.26. The van der Waals surface area contributed by atoms with Crippen molar-refractivity contribution < 1.29 is 9.53 Å². The lowest BCUT2D eigenvalue weighted by Gasteiger charge is -2.11. The lowest BCUT2D eigenvalue weighted by Crippen LogP contribution is -2.11. The maximum Gasteiger partial charge on any atom is 0.255 e. The van der Waals surface area contributed by atoms with E-state index in [0.717, 1.165) is 22.3 Å². The summed E-state index contributed by atoms with van der Waals surface area (Å²) in [5, 5.41) is 7.11. The summed E-state index contributed by atoms with van der Waals surface area (Å²) in [4.78, 5) is 24.6. The molecule has 3 aromatic carbocycles. The van der Waals surface area contributed by atoms with Gasteiger partial charge in [-0.1, -0.05) is 12.1 Å². The van der Waals surface area contributed by atoms with Crippen molar-refractivity contribution in [3.8, 4) is 11.5 Å². The number of fused-ring (bicyclic) bond motifs is 1. The highest BCUT2D eigenvalue weighted by molar-refractivity contribution is 6.04. The maximum absolute atomic E-state index is 12.8. The number of rotatable bonds is 6. The Morgan fingerprint density at radius 1 is 0.829 bits per heavy atom. The molecular weight excluding hydrogens is 438 g/mol. The highest BCUT2D eigenvalue weighted by Gasteiger charge is 2.09. The Morgan fingerprint density at radius 3 is 2.46 bits per heavy atom. The van der Waals surface area contributed by atoms with Gasteiger partial charge in [0.25, 0.3) is 5.91 Å². The van der Waals surface area contributed by atoms with Gasteiger partial charge in [0, 0.05) is 52.7 Å². The van der Waals surface area contributed by atoms with Crippen molar-refractivity contribution in [2.45, 2.75) is 0 Å². The van der Waals surface area contributed by atoms with Crippen LogP contribution in [-0.2, 0) is 0 Å². The van der Waals surface area contributed by atoms with Gasteiger partial charge in [0.1, 0.15) is 11.5 Å². The second-order valence-electron chi connectivity index (χ2n) is 7.64. The van der Waals surface area contributed by atoms with Crippen LogP contribution in [0.15, 0.2) is 104 Å². The smallest absolute Gasteiger partial charge is 0.255 e. The number of pyridine rings is 2. The lowest BCUT2D eigenvalue weighted by atomic mass is 10.1. The monoisotopic (exact) mass is 457 g/mol. The van der Waals surface area contributed by atoms with Crippen molar-refractivity contribution in [1.82, 2.24) is 9.97 Å². The minimum atomic E-state index is -0.228. The summed E-state index contributed by atoms with van der Waals surface area (Å²) in [6, 6.07) is 25.2. The molecule has 5 aromatic rings. The first-order valence-electron chi connectivity index (χ1n) is 10.8. The minimum Gasteiger partial charge on any atom is -0.457 e. The fraction of sp³-hybridized carbons (Fsp3) is 0. The number of ether oxygens (including phenoxy) is 1. The molecule has 0 spiro atoms. The predicted octanol–water partition coefficient (Wildman–Crippen LogP) is 6.97. The van der Waals surface area contributed by atoms with Gasteiger partial charge in [-0.3, -0.25) is 14.8 Å². The third kappa shape index (κ3) is 5.07. The molecule has 0 fully saturated rings. The zero-order chi connectivity index (χ0) is 24.0. The summed E-state index contributed by atoms with van der Waals surface area (Å²) in [5.74, 6) is 1.05. The summed E-state index contributed by atoms with van der Waals surface area (Å²) < 4.78 is 5.80. The van der Waals surface area contributed by atoms with Gasteiger partial charge in [-0.2, -0.15) is 0 Å². The molecule has 168 valence electrons. The summed E-state index contributed by atoms with van der Waals surface area (Å²) in [5.41, 5.74) is 4.15. The van der Waals surface area contributed by atoms with E-state index in [1.807, 2.05) is 42.5 Å². The molecule has 2 aromatic heterocycles. The zero-order valence-corrected chi connectivity index (χ0v) is 18.5. The van der Waals surface area contributed by atoms with Gasteiger partial charge in [0.05, 0.1) is 12.1 Å². The van der Waals surface area contributed by atoms with E-state index in [1.165, 1.54) is 0 Å². The number of nitrogens with zero attached hydrogens (tertiary/aromatic N) is 3. The molecule has 1 amide bonds. The number of hydrogen-bond donors (Lipinski definition) is 2. The van der Waals surface area contributed by atoms with E-state index in [1.54, 1.807) is 61.1 Å². The largest absolute Gasteiger partial charge is 0.457 e. The maximum atomic E-state index is 12.8. The molecule has 7 nitrogen and oxygen atoms in total. The molecule has 0 radical (unpaired) electrons. The van der Waals surface area contributed by atoms with Crippen LogP contribution in [0.2, 0.25) is 0 Å². The number of anilines is 3. The van der Waals surface area contributed by atoms with Crippen LogP contribution in [0.3, 0.4) is 0 Å². The van der Waals surface area contributed by atoms with Crippen LogP contribution in [0.1, 0.15) is 10.4 Å². The molecule has 0 aliphatic heterocycles. The molecule has 0 saturated heterocycles. The zero-order valence-electron chi connectivity index (χ0n) is 18.5. The predicted molar refractivity (Wildman–Crippen MR) is 136 cm³/mol. The summed E-state index contributed by atoms with van der Waals surface area (Å²) in [7, 11) is 0. The average Bonchev–Trinajstić information content (AvgIpc) is 2.90. The number of hydrogen-bond acceptors (Lipinski definition) is 5. The molecule has 0 aliphatic rings. The Balaban J connectivity index is 1.28. The molecule has 2 heterocycles. The van der Waals surface area contributed by atoms with Crippen LogP contribution in [0, 0.1) is 6.57 Å². The molecule has 0 bridgehead atoms. The van der Waals surface area contributed by atoms with Crippen LogP contribution in [0.4, 0.5) is 22.7 Å². The number of aromatic nitrogens is 2. The van der Waals surface area contributed by atoms with Gasteiger partial charge >= 0.3 is 0 Å². The number of carbonyl (C=O) groups is 1. The van der Waals surface area contributed by atoms with Crippen LogP contribution < -0.4 is 15.4 Å². The Bertz CT molecular complexity index is 1540. The van der Waals surface area contributed by atoms with Gasteiger partial charge in [0.2, 0.25) is 0 Å². The van der Waals surface area contributed by atoms with Crippen molar-refractivity contribution in [2.75, 3.05) is 10.6 Å². The Hall–Kier alpha value is -5.22. The van der Waals surface area contributed by atoms with E-state index in [4.69, 9.17) is 11.3 Å². The van der Waals surface area contributed by atoms with E-state index >= 15 is 0 Å². The number of amides is 1. The first kappa shape index (κ1) is 21.6. The van der Waals surface area contributed by atoms with Gasteiger partial charge < -0.3 is 15.4 Å². The van der Waals surface area contributed by atoms with Gasteiger partial charge in [-0.05, 0) is 66.7 Å². The molecule has 0 atom stereocenters. The van der Waals surface area contributed by atoms with Crippen LogP contribution in [0.5, 0.6) is 11.5 Å². The summed E-state index contributed by atoms with van der Waals surface area (Å²) >= 11 is 0. The molecule has 5 rings (SSSR count). The fourth-order valence-electron chi connectivity index (χ4n) is 3.56. The van der Waals surface area contributed by atoms with Crippen molar-refractivity contribution in [3.63, 3.8) is 0 Å². The van der Waals surface area contributed by atoms with Crippen molar-refractivity contribution in [3.05, 3.63) is 121 Å².